The first kappa shape index (κ1) is 22.2. The maximum atomic E-state index is 14.1. The first-order chi connectivity index (χ1) is 14.6. The quantitative estimate of drug-likeness (QED) is 0.454. The Morgan fingerprint density at radius 3 is 2.55 bits per heavy atom. The summed E-state index contributed by atoms with van der Waals surface area (Å²) in [6, 6.07) is 3.44. The summed E-state index contributed by atoms with van der Waals surface area (Å²) in [5.74, 6) is -1.09. The molecule has 12 heteroatoms. The molecule has 4 rings (SSSR count). The number of amidine groups is 1. The van der Waals surface area contributed by atoms with Crippen LogP contribution in [0.25, 0.3) is 0 Å². The molecule has 0 aliphatic carbocycles. The van der Waals surface area contributed by atoms with Crippen molar-refractivity contribution in [3.63, 3.8) is 0 Å². The number of hydrogen-bond acceptors (Lipinski definition) is 5. The number of rotatable bonds is 3. The highest BCUT2D eigenvalue weighted by atomic mass is 35.5. The lowest BCUT2D eigenvalue weighted by Gasteiger charge is -2.30. The molecule has 2 aliphatic heterocycles. The molecule has 0 bridgehead atoms. The number of nitrogens with zero attached hydrogens (tertiary/aromatic N) is 2. The van der Waals surface area contributed by atoms with Crippen molar-refractivity contribution in [3.8, 4) is 0 Å². The number of benzene rings is 1. The molecule has 0 fully saturated rings. The first-order valence-corrected chi connectivity index (χ1v) is 10.7. The Morgan fingerprint density at radius 2 is 1.97 bits per heavy atom. The number of halogens is 6. The van der Waals surface area contributed by atoms with Crippen molar-refractivity contribution in [1.82, 2.24) is 10.2 Å². The van der Waals surface area contributed by atoms with Crippen molar-refractivity contribution in [3.05, 3.63) is 54.9 Å². The van der Waals surface area contributed by atoms with E-state index in [0.29, 0.717) is 24.5 Å². The fraction of sp³-hybridized carbons (Fsp3) is 0.368. The molecule has 1 atom stereocenters. The monoisotopic (exact) mass is 495 g/mol. The van der Waals surface area contributed by atoms with Gasteiger partial charge in [0.1, 0.15) is 5.84 Å². The zero-order valence-electron chi connectivity index (χ0n) is 15.9. The van der Waals surface area contributed by atoms with Gasteiger partial charge in [0.15, 0.2) is 5.82 Å². The SMILES string of the molecule is CCNC(=O)c1cc2c(s1)CN(C1=NOC(c3cc(Cl)c(F)c(Cl)c3)(C(F)(F)F)C1)C2. The third kappa shape index (κ3) is 3.74. The van der Waals surface area contributed by atoms with Gasteiger partial charge < -0.3 is 15.1 Å². The lowest BCUT2D eigenvalue weighted by Crippen LogP contribution is -2.44. The van der Waals surface area contributed by atoms with E-state index in [-0.39, 0.29) is 11.7 Å². The Hall–Kier alpha value is -2.04. The Labute approximate surface area is 188 Å². The Morgan fingerprint density at radius 1 is 1.29 bits per heavy atom. The van der Waals surface area contributed by atoms with Crippen LogP contribution in [0.2, 0.25) is 10.0 Å². The van der Waals surface area contributed by atoms with Crippen LogP contribution < -0.4 is 5.32 Å². The van der Waals surface area contributed by atoms with Gasteiger partial charge in [0, 0.05) is 23.5 Å². The van der Waals surface area contributed by atoms with Crippen molar-refractivity contribution in [1.29, 1.82) is 0 Å². The average Bonchev–Trinajstić information content (AvgIpc) is 3.38. The highest BCUT2D eigenvalue weighted by Crippen LogP contribution is 2.50. The van der Waals surface area contributed by atoms with Crippen LogP contribution >= 0.6 is 34.5 Å². The smallest absolute Gasteiger partial charge is 0.372 e. The Kier molecular flexibility index (Phi) is 5.60. The molecule has 1 unspecified atom stereocenters. The normalized spacial score (nSPS) is 20.5. The third-order valence-corrected chi connectivity index (χ3v) is 6.85. The summed E-state index contributed by atoms with van der Waals surface area (Å²) in [6.07, 6.45) is -5.48. The molecule has 1 aromatic heterocycles. The van der Waals surface area contributed by atoms with E-state index >= 15 is 0 Å². The largest absolute Gasteiger partial charge is 0.435 e. The van der Waals surface area contributed by atoms with E-state index in [9.17, 15) is 22.4 Å². The number of alkyl halides is 3. The molecule has 2 aliphatic rings. The predicted octanol–water partition coefficient (Wildman–Crippen LogP) is 5.45. The van der Waals surface area contributed by atoms with E-state index in [0.717, 1.165) is 22.6 Å². The van der Waals surface area contributed by atoms with Crippen LogP contribution in [-0.4, -0.2) is 29.4 Å². The molecule has 0 spiro atoms. The number of carbonyl (C=O) groups is 1. The minimum Gasteiger partial charge on any atom is -0.372 e. The van der Waals surface area contributed by atoms with E-state index in [1.54, 1.807) is 11.0 Å². The first-order valence-electron chi connectivity index (χ1n) is 9.17. The molecule has 0 radical (unpaired) electrons. The molecule has 2 aromatic rings. The fourth-order valence-corrected chi connectivity index (χ4v) is 5.15. The second-order valence-corrected chi connectivity index (χ2v) is 9.08. The van der Waals surface area contributed by atoms with Gasteiger partial charge in [-0.25, -0.2) is 4.39 Å². The van der Waals surface area contributed by atoms with Crippen LogP contribution in [0.4, 0.5) is 17.6 Å². The van der Waals surface area contributed by atoms with Gasteiger partial charge in [-0.2, -0.15) is 13.2 Å². The van der Waals surface area contributed by atoms with Crippen LogP contribution in [0, 0.1) is 5.82 Å². The molecule has 31 heavy (non-hydrogen) atoms. The van der Waals surface area contributed by atoms with Crippen LogP contribution in [0.15, 0.2) is 23.4 Å². The van der Waals surface area contributed by atoms with Crippen LogP contribution in [-0.2, 0) is 23.5 Å². The van der Waals surface area contributed by atoms with Gasteiger partial charge in [0.05, 0.1) is 27.9 Å². The van der Waals surface area contributed by atoms with Gasteiger partial charge in [0.25, 0.3) is 11.5 Å². The molecule has 0 saturated heterocycles. The minimum atomic E-state index is -4.86. The highest BCUT2D eigenvalue weighted by Gasteiger charge is 2.63. The lowest BCUT2D eigenvalue weighted by atomic mass is 9.89. The Bertz CT molecular complexity index is 1040. The maximum Gasteiger partial charge on any atom is 0.435 e. The van der Waals surface area contributed by atoms with Gasteiger partial charge in [-0.1, -0.05) is 28.4 Å². The summed E-state index contributed by atoms with van der Waals surface area (Å²) in [6.45, 7) is 2.92. The van der Waals surface area contributed by atoms with Crippen molar-refractivity contribution in [2.24, 2.45) is 5.16 Å². The van der Waals surface area contributed by atoms with Crippen molar-refractivity contribution in [2.75, 3.05) is 6.54 Å². The summed E-state index contributed by atoms with van der Waals surface area (Å²) in [5, 5.41) is 5.35. The topological polar surface area (TPSA) is 53.9 Å². The zero-order chi connectivity index (χ0) is 22.6. The number of hydrogen-bond donors (Lipinski definition) is 1. The molecule has 1 aromatic carbocycles. The van der Waals surface area contributed by atoms with E-state index in [1.807, 2.05) is 6.92 Å². The molecule has 166 valence electrons. The molecule has 5 nitrogen and oxygen atoms in total. The van der Waals surface area contributed by atoms with Gasteiger partial charge in [0.2, 0.25) is 0 Å². The zero-order valence-corrected chi connectivity index (χ0v) is 18.3. The molecule has 3 heterocycles. The fourth-order valence-electron chi connectivity index (χ4n) is 3.56. The standard InChI is InChI=1S/C19H15Cl2F4N3O2S/c1-2-26-17(29)13-3-9-7-28(8-14(9)31-13)15-6-18(30-27-15,19(23,24)25)10-4-11(20)16(22)12(21)5-10/h3-5H,2,6-8H2,1H3,(H,26,29). The minimum absolute atomic E-state index is 0.0943. The maximum absolute atomic E-state index is 14.1. The molecule has 1 amide bonds. The Balaban J connectivity index is 1.57. The second-order valence-electron chi connectivity index (χ2n) is 7.13. The van der Waals surface area contributed by atoms with E-state index in [4.69, 9.17) is 28.0 Å². The number of fused-ring (bicyclic) bond motifs is 1. The number of oxime groups is 1. The number of amides is 1. The second kappa shape index (κ2) is 7.83. The number of thiophene rings is 1. The third-order valence-electron chi connectivity index (χ3n) is 5.14. The van der Waals surface area contributed by atoms with Crippen molar-refractivity contribution < 1.29 is 27.2 Å². The lowest BCUT2D eigenvalue weighted by molar-refractivity contribution is -0.275. The highest BCUT2D eigenvalue weighted by molar-refractivity contribution is 7.14. The van der Waals surface area contributed by atoms with Gasteiger partial charge in [-0.05, 0) is 30.7 Å². The van der Waals surface area contributed by atoms with E-state index in [1.165, 1.54) is 11.3 Å². The van der Waals surface area contributed by atoms with Crippen molar-refractivity contribution in [2.45, 2.75) is 38.2 Å². The predicted molar refractivity (Wildman–Crippen MR) is 109 cm³/mol. The van der Waals surface area contributed by atoms with Gasteiger partial charge >= 0.3 is 6.18 Å². The average molecular weight is 496 g/mol. The number of nitrogens with one attached hydrogen (secondary N) is 1. The summed E-state index contributed by atoms with van der Waals surface area (Å²) in [7, 11) is 0. The summed E-state index contributed by atoms with van der Waals surface area (Å²) >= 11 is 12.7. The molecule has 1 N–H and O–H groups in total. The van der Waals surface area contributed by atoms with Crippen molar-refractivity contribution >= 4 is 46.3 Å². The molecular weight excluding hydrogens is 481 g/mol. The van der Waals surface area contributed by atoms with Crippen LogP contribution in [0.5, 0.6) is 0 Å². The van der Waals surface area contributed by atoms with E-state index in [2.05, 4.69) is 10.5 Å². The van der Waals surface area contributed by atoms with Crippen LogP contribution in [0.1, 0.15) is 39.0 Å². The van der Waals surface area contributed by atoms with Crippen LogP contribution in [0.3, 0.4) is 0 Å². The molecular formula is C19H15Cl2F4N3O2S. The molecule has 0 saturated carbocycles. The summed E-state index contributed by atoms with van der Waals surface area (Å²) in [5.41, 5.74) is -2.40. The van der Waals surface area contributed by atoms with Gasteiger partial charge in [-0.3, -0.25) is 4.79 Å². The summed E-state index contributed by atoms with van der Waals surface area (Å²) < 4.78 is 56.1. The van der Waals surface area contributed by atoms with E-state index < -0.39 is 39.6 Å². The van der Waals surface area contributed by atoms with Gasteiger partial charge in [-0.15, -0.1) is 11.3 Å². The number of carbonyl (C=O) groups excluding carboxylic acids is 1. The summed E-state index contributed by atoms with van der Waals surface area (Å²) in [4.78, 5) is 20.0.